The SMILES string of the molecule is COc1cc(N2CCN(CCCCCCCCNC(=O)CC3(C)CC4CC(C)CC(C4)C3)CC2)ccc1Nc1ncc2c(C)cc(=O)n(-c3cccc(NC(=O)C(C)(C)C)c3)c2n1. The Balaban J connectivity index is 0.843. The van der Waals surface area contributed by atoms with E-state index < -0.39 is 5.41 Å². The smallest absolute Gasteiger partial charge is 0.257 e. The zero-order chi connectivity index (χ0) is 44.7. The molecule has 2 aromatic heterocycles. The minimum atomic E-state index is -0.568. The molecule has 2 unspecified atom stereocenters. The molecule has 340 valence electrons. The van der Waals surface area contributed by atoms with E-state index in [1.54, 1.807) is 30.0 Å². The van der Waals surface area contributed by atoms with Crippen LogP contribution in [0.2, 0.25) is 0 Å². The molecule has 0 spiro atoms. The normalized spacial score (nSPS) is 21.6. The van der Waals surface area contributed by atoms with Gasteiger partial charge in [0, 0.05) is 79.7 Å². The highest BCUT2D eigenvalue weighted by atomic mass is 16.5. The Kier molecular flexibility index (Phi) is 14.8. The van der Waals surface area contributed by atoms with Gasteiger partial charge in [-0.15, -0.1) is 0 Å². The number of benzene rings is 2. The topological polar surface area (TPSA) is 134 Å². The van der Waals surface area contributed by atoms with E-state index in [1.807, 2.05) is 52.0 Å². The van der Waals surface area contributed by atoms with Gasteiger partial charge in [0.15, 0.2) is 5.65 Å². The van der Waals surface area contributed by atoms with Gasteiger partial charge < -0.3 is 25.6 Å². The Labute approximate surface area is 375 Å². The summed E-state index contributed by atoms with van der Waals surface area (Å²) in [5.41, 5.74) is 3.64. The van der Waals surface area contributed by atoms with Gasteiger partial charge >= 0.3 is 0 Å². The summed E-state index contributed by atoms with van der Waals surface area (Å²) in [6, 6.07) is 15.0. The molecule has 3 aliphatic rings. The van der Waals surface area contributed by atoms with E-state index in [0.717, 1.165) is 85.8 Å². The van der Waals surface area contributed by atoms with Crippen molar-refractivity contribution in [3.05, 3.63) is 70.6 Å². The van der Waals surface area contributed by atoms with Crippen LogP contribution in [0.25, 0.3) is 16.7 Å². The molecule has 2 atom stereocenters. The number of carbonyl (C=O) groups is 2. The zero-order valence-electron chi connectivity index (χ0n) is 39.0. The van der Waals surface area contributed by atoms with Crippen molar-refractivity contribution in [3.63, 3.8) is 0 Å². The minimum absolute atomic E-state index is 0.116. The highest BCUT2D eigenvalue weighted by molar-refractivity contribution is 5.94. The molecule has 12 nitrogen and oxygen atoms in total. The second kappa shape index (κ2) is 20.2. The van der Waals surface area contributed by atoms with Crippen molar-refractivity contribution in [2.75, 3.05) is 61.9 Å². The standard InChI is InChI=1S/C51H72N8O4/c1-35-25-37-28-38(26-35)32-51(6,31-37)33-45(60)52-19-12-10-8-9-11-13-20-57-21-23-58(24-22-57)40-17-18-43(44(30-40)63-7)55-49-53-34-42-36(2)27-46(61)59(47(42)56-49)41-16-14-15-39(29-41)54-48(62)50(3,4)5/h14-18,27,29-30,34-35,37-38H,8-13,19-26,28,31-33H2,1-7H3,(H,52,60)(H,54,62)(H,53,55,56). The van der Waals surface area contributed by atoms with Gasteiger partial charge in [0.25, 0.3) is 5.56 Å². The number of ether oxygens (including phenoxy) is 1. The number of fused-ring (bicyclic) bond motifs is 3. The zero-order valence-corrected chi connectivity index (χ0v) is 39.0. The number of hydrogen-bond donors (Lipinski definition) is 3. The summed E-state index contributed by atoms with van der Waals surface area (Å²) in [6.45, 7) is 18.1. The molecule has 3 N–H and O–H groups in total. The molecule has 4 aromatic rings. The van der Waals surface area contributed by atoms with Crippen molar-refractivity contribution < 1.29 is 14.3 Å². The van der Waals surface area contributed by atoms with Crippen molar-refractivity contribution in [3.8, 4) is 11.4 Å². The summed E-state index contributed by atoms with van der Waals surface area (Å²) in [5, 5.41) is 10.3. The molecule has 63 heavy (non-hydrogen) atoms. The van der Waals surface area contributed by atoms with Gasteiger partial charge in [-0.25, -0.2) is 4.98 Å². The molecule has 2 amide bonds. The number of aromatic nitrogens is 3. The van der Waals surface area contributed by atoms with Crippen LogP contribution in [0.3, 0.4) is 0 Å². The first-order chi connectivity index (χ1) is 30.2. The molecular formula is C51H72N8O4. The van der Waals surface area contributed by atoms with Gasteiger partial charge in [-0.3, -0.25) is 23.9 Å². The van der Waals surface area contributed by atoms with Crippen molar-refractivity contribution in [2.45, 2.75) is 119 Å². The quantitative estimate of drug-likeness (QED) is 0.0888. The van der Waals surface area contributed by atoms with E-state index in [4.69, 9.17) is 9.72 Å². The Hall–Kier alpha value is -4.97. The van der Waals surface area contributed by atoms with Crippen LogP contribution in [-0.2, 0) is 9.59 Å². The van der Waals surface area contributed by atoms with E-state index in [9.17, 15) is 14.4 Å². The van der Waals surface area contributed by atoms with E-state index in [0.29, 0.717) is 35.1 Å². The van der Waals surface area contributed by atoms with E-state index >= 15 is 0 Å². The van der Waals surface area contributed by atoms with Crippen LogP contribution in [0.1, 0.15) is 117 Å². The second-order valence-corrected chi connectivity index (χ2v) is 20.4. The van der Waals surface area contributed by atoms with Crippen LogP contribution in [-0.4, -0.2) is 77.6 Å². The van der Waals surface area contributed by atoms with Crippen LogP contribution in [0.4, 0.5) is 23.0 Å². The maximum absolute atomic E-state index is 13.5. The first-order valence-corrected chi connectivity index (χ1v) is 23.7. The lowest BCUT2D eigenvalue weighted by molar-refractivity contribution is -0.125. The molecule has 1 saturated heterocycles. The summed E-state index contributed by atoms with van der Waals surface area (Å²) >= 11 is 0. The lowest BCUT2D eigenvalue weighted by Crippen LogP contribution is -2.46. The predicted molar refractivity (Wildman–Crippen MR) is 256 cm³/mol. The fraction of sp³-hybridized carbons (Fsp3) is 0.588. The van der Waals surface area contributed by atoms with Crippen molar-refractivity contribution in [1.82, 2.24) is 24.8 Å². The second-order valence-electron chi connectivity index (χ2n) is 20.4. The number of nitrogens with one attached hydrogen (secondary N) is 3. The minimum Gasteiger partial charge on any atom is -0.494 e. The Bertz CT molecular complexity index is 2260. The lowest BCUT2D eigenvalue weighted by Gasteiger charge is -2.47. The fourth-order valence-corrected chi connectivity index (χ4v) is 10.6. The third kappa shape index (κ3) is 12.0. The number of anilines is 4. The predicted octanol–water partition coefficient (Wildman–Crippen LogP) is 9.65. The fourth-order valence-electron chi connectivity index (χ4n) is 10.6. The van der Waals surface area contributed by atoms with Crippen LogP contribution >= 0.6 is 0 Å². The van der Waals surface area contributed by atoms with Crippen LogP contribution in [0.5, 0.6) is 5.75 Å². The maximum Gasteiger partial charge on any atom is 0.257 e. The molecule has 7 rings (SSSR count). The molecule has 2 aliphatic carbocycles. The number of amides is 2. The van der Waals surface area contributed by atoms with Crippen LogP contribution in [0, 0.1) is 35.5 Å². The first kappa shape index (κ1) is 46.0. The van der Waals surface area contributed by atoms with E-state index in [2.05, 4.69) is 56.7 Å². The Morgan fingerprint density at radius 3 is 2.32 bits per heavy atom. The Morgan fingerprint density at radius 1 is 0.889 bits per heavy atom. The van der Waals surface area contributed by atoms with Gasteiger partial charge in [0.2, 0.25) is 17.8 Å². The molecular weight excluding hydrogens is 789 g/mol. The third-order valence-corrected chi connectivity index (χ3v) is 13.7. The number of unbranched alkanes of at least 4 members (excludes halogenated alkanes) is 5. The molecule has 2 bridgehead atoms. The number of hydrogen-bond acceptors (Lipinski definition) is 9. The maximum atomic E-state index is 13.5. The molecule has 3 heterocycles. The van der Waals surface area contributed by atoms with Gasteiger partial charge in [-0.2, -0.15) is 4.98 Å². The summed E-state index contributed by atoms with van der Waals surface area (Å²) in [4.78, 5) is 53.5. The van der Waals surface area contributed by atoms with Gasteiger partial charge in [0.1, 0.15) is 5.75 Å². The summed E-state index contributed by atoms with van der Waals surface area (Å²) in [7, 11) is 1.66. The van der Waals surface area contributed by atoms with Gasteiger partial charge in [-0.1, -0.05) is 66.4 Å². The molecule has 0 radical (unpaired) electrons. The first-order valence-electron chi connectivity index (χ1n) is 23.7. The number of nitrogens with zero attached hydrogens (tertiary/aromatic N) is 5. The van der Waals surface area contributed by atoms with Crippen LogP contribution in [0.15, 0.2) is 59.5 Å². The summed E-state index contributed by atoms with van der Waals surface area (Å²) < 4.78 is 7.41. The summed E-state index contributed by atoms with van der Waals surface area (Å²) in [6.07, 6.45) is 16.2. The largest absolute Gasteiger partial charge is 0.494 e. The molecule has 2 aromatic carbocycles. The Morgan fingerprint density at radius 2 is 1.60 bits per heavy atom. The monoisotopic (exact) mass is 861 g/mol. The molecule has 2 saturated carbocycles. The number of aryl methyl sites for hydroxylation is 1. The van der Waals surface area contributed by atoms with Crippen molar-refractivity contribution in [2.24, 2.45) is 28.6 Å². The van der Waals surface area contributed by atoms with E-state index in [-0.39, 0.29) is 22.8 Å². The van der Waals surface area contributed by atoms with Crippen molar-refractivity contribution in [1.29, 1.82) is 0 Å². The average molecular weight is 861 g/mol. The third-order valence-electron chi connectivity index (χ3n) is 13.7. The lowest BCUT2D eigenvalue weighted by atomic mass is 9.58. The van der Waals surface area contributed by atoms with E-state index in [1.165, 1.54) is 64.2 Å². The van der Waals surface area contributed by atoms with Crippen LogP contribution < -0.4 is 31.1 Å². The summed E-state index contributed by atoms with van der Waals surface area (Å²) in [5.74, 6) is 3.69. The number of methoxy groups -OCH3 is 1. The number of carbonyl (C=O) groups excluding carboxylic acids is 2. The highest BCUT2D eigenvalue weighted by Gasteiger charge is 2.41. The van der Waals surface area contributed by atoms with Gasteiger partial charge in [0.05, 0.1) is 18.5 Å². The van der Waals surface area contributed by atoms with Gasteiger partial charge in [-0.05, 0) is 117 Å². The van der Waals surface area contributed by atoms with Crippen molar-refractivity contribution >= 4 is 45.9 Å². The number of pyridine rings is 1. The average Bonchev–Trinajstić information content (AvgIpc) is 3.22. The molecule has 1 aliphatic heterocycles. The highest BCUT2D eigenvalue weighted by Crippen LogP contribution is 2.51. The molecule has 12 heteroatoms. The number of rotatable bonds is 17. The molecule has 3 fully saturated rings. The number of piperazine rings is 1.